The van der Waals surface area contributed by atoms with E-state index in [4.69, 9.17) is 0 Å². The molecule has 1 rings (SSSR count). The van der Waals surface area contributed by atoms with Gasteiger partial charge in [-0.3, -0.25) is 0 Å². The van der Waals surface area contributed by atoms with Crippen LogP contribution in [0.2, 0.25) is 0 Å². The third-order valence-corrected chi connectivity index (χ3v) is 0.889. The summed E-state index contributed by atoms with van der Waals surface area (Å²) in [4.78, 5) is 0. The van der Waals surface area contributed by atoms with Crippen molar-refractivity contribution >= 4 is 0 Å². The zero-order valence-corrected chi connectivity index (χ0v) is 4.93. The number of nitrogens with zero attached hydrogens (tertiary/aromatic N) is 1. The van der Waals surface area contributed by atoms with Gasteiger partial charge in [-0.2, -0.15) is 17.7 Å². The van der Waals surface area contributed by atoms with Gasteiger partial charge in [0.2, 0.25) is 12.7 Å². The molecule has 0 aliphatic carbocycles. The summed E-state index contributed by atoms with van der Waals surface area (Å²) >= 11 is 0. The molecule has 0 bridgehead atoms. The topological polar surface area (TPSA) is 17.0 Å². The van der Waals surface area contributed by atoms with Gasteiger partial charge in [0.05, 0.1) is 0 Å². The predicted octanol–water partition coefficient (Wildman–Crippen LogP) is 1.13. The molecule has 1 aromatic rings. The van der Waals surface area contributed by atoms with E-state index in [1.54, 1.807) is 0 Å². The molecular formula is C5H5F3NO+. The minimum Gasteiger partial charge on any atom is -0.412 e. The van der Waals surface area contributed by atoms with Crippen LogP contribution in [0.4, 0.5) is 13.2 Å². The lowest BCUT2D eigenvalue weighted by atomic mass is 10.6. The van der Waals surface area contributed by atoms with Crippen molar-refractivity contribution in [3.8, 4) is 0 Å². The molecule has 56 valence electrons. The lowest BCUT2D eigenvalue weighted by Crippen LogP contribution is -2.38. The lowest BCUT2D eigenvalue weighted by Gasteiger charge is -1.97. The fourth-order valence-electron chi connectivity index (χ4n) is 0.559. The molecule has 0 aliphatic rings. The molecule has 2 nitrogen and oxygen atoms in total. The molecule has 0 amide bonds. The molecule has 0 unspecified atom stereocenters. The summed E-state index contributed by atoms with van der Waals surface area (Å²) in [7, 11) is 0. The summed E-state index contributed by atoms with van der Waals surface area (Å²) in [5.74, 6) is 0. The van der Waals surface area contributed by atoms with Crippen molar-refractivity contribution in [3.63, 3.8) is 0 Å². The van der Waals surface area contributed by atoms with Crippen molar-refractivity contribution in [2.75, 3.05) is 0 Å². The summed E-state index contributed by atoms with van der Waals surface area (Å²) in [5.41, 5.74) is 0. The minimum atomic E-state index is -4.17. The van der Waals surface area contributed by atoms with Crippen LogP contribution in [-0.4, -0.2) is 6.18 Å². The van der Waals surface area contributed by atoms with E-state index in [-0.39, 0.29) is 0 Å². The summed E-state index contributed by atoms with van der Waals surface area (Å²) in [6.45, 7) is -0.997. The van der Waals surface area contributed by atoms with E-state index in [9.17, 15) is 13.2 Å². The SMILES string of the molecule is FC(F)(F)C[n+]1ccoc1. The fraction of sp³-hybridized carbons (Fsp3) is 0.400. The highest BCUT2D eigenvalue weighted by atomic mass is 19.4. The quantitative estimate of drug-likeness (QED) is 0.551. The normalized spacial score (nSPS) is 11.9. The summed E-state index contributed by atoms with van der Waals surface area (Å²) < 4.78 is 40.0. The molecule has 0 spiro atoms. The largest absolute Gasteiger partial charge is 0.448 e. The highest BCUT2D eigenvalue weighted by Crippen LogP contribution is 2.13. The summed E-state index contributed by atoms with van der Waals surface area (Å²) in [6, 6.07) is 0. The standard InChI is InChI=1S/C5H5F3NO/c6-5(7,8)3-9-1-2-10-4-9/h1-2,4H,3H2/q+1. The first-order valence-electron chi connectivity index (χ1n) is 2.56. The van der Waals surface area contributed by atoms with E-state index in [1.165, 1.54) is 12.5 Å². The molecule has 5 heteroatoms. The average molecular weight is 152 g/mol. The Labute approximate surface area is 54.9 Å². The Kier molecular flexibility index (Phi) is 1.65. The monoisotopic (exact) mass is 152 g/mol. The first kappa shape index (κ1) is 7.11. The molecule has 1 aromatic heterocycles. The van der Waals surface area contributed by atoms with Crippen LogP contribution in [0.3, 0.4) is 0 Å². The van der Waals surface area contributed by atoms with Crippen molar-refractivity contribution in [3.05, 3.63) is 18.9 Å². The van der Waals surface area contributed by atoms with Crippen LogP contribution in [0.15, 0.2) is 23.3 Å². The van der Waals surface area contributed by atoms with Crippen LogP contribution in [0, 0.1) is 0 Å². The van der Waals surface area contributed by atoms with E-state index >= 15 is 0 Å². The van der Waals surface area contributed by atoms with Gasteiger partial charge in [0.1, 0.15) is 0 Å². The Hall–Kier alpha value is -1.00. The number of hydrogen-bond donors (Lipinski definition) is 0. The van der Waals surface area contributed by atoms with Crippen LogP contribution in [0.5, 0.6) is 0 Å². The van der Waals surface area contributed by atoms with E-state index in [0.717, 1.165) is 11.0 Å². The van der Waals surface area contributed by atoms with Crippen molar-refractivity contribution in [1.82, 2.24) is 0 Å². The van der Waals surface area contributed by atoms with Gasteiger partial charge in [-0.25, -0.2) is 0 Å². The molecule has 10 heavy (non-hydrogen) atoms. The van der Waals surface area contributed by atoms with Crippen molar-refractivity contribution < 1.29 is 22.2 Å². The van der Waals surface area contributed by atoms with E-state index < -0.39 is 12.7 Å². The second-order valence-electron chi connectivity index (χ2n) is 1.81. The van der Waals surface area contributed by atoms with E-state index in [0.29, 0.717) is 0 Å². The van der Waals surface area contributed by atoms with Gasteiger partial charge in [-0.1, -0.05) is 0 Å². The molecule has 0 saturated heterocycles. The van der Waals surface area contributed by atoms with Crippen LogP contribution >= 0.6 is 0 Å². The van der Waals surface area contributed by atoms with Gasteiger partial charge in [-0.05, 0) is 0 Å². The van der Waals surface area contributed by atoms with Gasteiger partial charge in [0.25, 0.3) is 0 Å². The lowest BCUT2D eigenvalue weighted by molar-refractivity contribution is -0.721. The van der Waals surface area contributed by atoms with Gasteiger partial charge in [-0.15, -0.1) is 0 Å². The zero-order chi connectivity index (χ0) is 7.61. The molecule has 0 aliphatic heterocycles. The highest BCUT2D eigenvalue weighted by Gasteiger charge is 2.33. The number of oxazole rings is 1. The van der Waals surface area contributed by atoms with Crippen LogP contribution in [0.1, 0.15) is 0 Å². The summed E-state index contributed by atoms with van der Waals surface area (Å²) in [6.07, 6.45) is -0.763. The molecule has 0 fully saturated rings. The number of alkyl halides is 3. The maximum absolute atomic E-state index is 11.6. The number of rotatable bonds is 1. The number of aromatic nitrogens is 1. The first-order chi connectivity index (χ1) is 4.58. The Morgan fingerprint density at radius 1 is 1.40 bits per heavy atom. The van der Waals surface area contributed by atoms with Gasteiger partial charge in [0, 0.05) is 0 Å². The maximum Gasteiger partial charge on any atom is 0.448 e. The van der Waals surface area contributed by atoms with Gasteiger partial charge in [0.15, 0.2) is 6.26 Å². The second kappa shape index (κ2) is 2.32. The Morgan fingerprint density at radius 2 is 2.10 bits per heavy atom. The first-order valence-corrected chi connectivity index (χ1v) is 2.56. The second-order valence-corrected chi connectivity index (χ2v) is 1.81. The Balaban J connectivity index is 2.57. The summed E-state index contributed by atoms with van der Waals surface area (Å²) in [5, 5.41) is 0. The molecule has 0 saturated carbocycles. The van der Waals surface area contributed by atoms with Crippen LogP contribution < -0.4 is 4.57 Å². The average Bonchev–Trinajstić information content (AvgIpc) is 2.12. The Morgan fingerprint density at radius 3 is 2.50 bits per heavy atom. The minimum absolute atomic E-state index is 0.917. The predicted molar refractivity (Wildman–Crippen MR) is 25.0 cm³/mol. The fourth-order valence-corrected chi connectivity index (χ4v) is 0.559. The highest BCUT2D eigenvalue weighted by molar-refractivity contribution is 4.48. The van der Waals surface area contributed by atoms with Crippen LogP contribution in [0.25, 0.3) is 0 Å². The number of hydrogen-bond acceptors (Lipinski definition) is 1. The van der Waals surface area contributed by atoms with E-state index in [2.05, 4.69) is 4.42 Å². The van der Waals surface area contributed by atoms with Gasteiger partial charge < -0.3 is 4.42 Å². The maximum atomic E-state index is 11.6. The molecule has 0 atom stereocenters. The third kappa shape index (κ3) is 2.08. The van der Waals surface area contributed by atoms with Crippen molar-refractivity contribution in [2.24, 2.45) is 0 Å². The molecule has 0 radical (unpaired) electrons. The molecule has 1 heterocycles. The van der Waals surface area contributed by atoms with E-state index in [1.807, 2.05) is 0 Å². The smallest absolute Gasteiger partial charge is 0.412 e. The zero-order valence-electron chi connectivity index (χ0n) is 4.93. The molecular weight excluding hydrogens is 147 g/mol. The Bertz CT molecular complexity index is 191. The van der Waals surface area contributed by atoms with Crippen LogP contribution in [-0.2, 0) is 6.54 Å². The van der Waals surface area contributed by atoms with Crippen molar-refractivity contribution in [2.45, 2.75) is 12.7 Å². The molecule has 0 aromatic carbocycles. The third-order valence-electron chi connectivity index (χ3n) is 0.889. The van der Waals surface area contributed by atoms with Crippen molar-refractivity contribution in [1.29, 1.82) is 0 Å². The van der Waals surface area contributed by atoms with Gasteiger partial charge >= 0.3 is 12.6 Å². The molecule has 0 N–H and O–H groups in total. The number of halogens is 3.